The number of hydrogen-bond donors (Lipinski definition) is 1. The lowest BCUT2D eigenvalue weighted by atomic mass is 9.88. The Morgan fingerprint density at radius 1 is 0.960 bits per heavy atom. The summed E-state index contributed by atoms with van der Waals surface area (Å²) in [5.74, 6) is 1.97. The van der Waals surface area contributed by atoms with Crippen molar-refractivity contribution in [3.05, 3.63) is 65.5 Å². The third-order valence-corrected chi connectivity index (χ3v) is 4.62. The predicted molar refractivity (Wildman–Crippen MR) is 103 cm³/mol. The van der Waals surface area contributed by atoms with Crippen LogP contribution in [0.1, 0.15) is 50.2 Å². The van der Waals surface area contributed by atoms with Crippen LogP contribution in [-0.4, -0.2) is 13.7 Å². The predicted octanol–water partition coefficient (Wildman–Crippen LogP) is 5.53. The smallest absolute Gasteiger partial charge is 0.127 e. The molecular formula is C22H30FNO. The van der Waals surface area contributed by atoms with E-state index in [-0.39, 0.29) is 5.82 Å². The van der Waals surface area contributed by atoms with Crippen LogP contribution in [0.5, 0.6) is 5.75 Å². The first-order valence-corrected chi connectivity index (χ1v) is 9.18. The van der Waals surface area contributed by atoms with Crippen LogP contribution in [0.15, 0.2) is 48.5 Å². The van der Waals surface area contributed by atoms with Crippen molar-refractivity contribution in [2.75, 3.05) is 13.7 Å². The van der Waals surface area contributed by atoms with E-state index in [1.54, 1.807) is 13.2 Å². The maximum Gasteiger partial charge on any atom is 0.127 e. The van der Waals surface area contributed by atoms with Crippen molar-refractivity contribution in [2.45, 2.75) is 45.6 Å². The maximum absolute atomic E-state index is 13.7. The van der Waals surface area contributed by atoms with E-state index in [0.29, 0.717) is 18.4 Å². The molecule has 0 bridgehead atoms. The van der Waals surface area contributed by atoms with Crippen LogP contribution >= 0.6 is 0 Å². The molecule has 2 aromatic rings. The monoisotopic (exact) mass is 343 g/mol. The third-order valence-electron chi connectivity index (χ3n) is 4.62. The lowest BCUT2D eigenvalue weighted by molar-refractivity contribution is 0.414. The fourth-order valence-electron chi connectivity index (χ4n) is 3.03. The van der Waals surface area contributed by atoms with Crippen molar-refractivity contribution < 1.29 is 9.13 Å². The number of rotatable bonds is 10. The number of benzene rings is 2. The zero-order valence-corrected chi connectivity index (χ0v) is 15.6. The van der Waals surface area contributed by atoms with Crippen LogP contribution in [0.3, 0.4) is 0 Å². The van der Waals surface area contributed by atoms with Crippen LogP contribution < -0.4 is 10.1 Å². The second-order valence-electron chi connectivity index (χ2n) is 7.00. The molecule has 0 heterocycles. The van der Waals surface area contributed by atoms with Gasteiger partial charge in [0.15, 0.2) is 0 Å². The minimum absolute atomic E-state index is 0.137. The largest absolute Gasteiger partial charge is 0.497 e. The van der Waals surface area contributed by atoms with E-state index < -0.39 is 0 Å². The highest BCUT2D eigenvalue weighted by Crippen LogP contribution is 2.28. The fourth-order valence-corrected chi connectivity index (χ4v) is 3.03. The van der Waals surface area contributed by atoms with Crippen LogP contribution in [0.2, 0.25) is 0 Å². The molecule has 0 radical (unpaired) electrons. The minimum Gasteiger partial charge on any atom is -0.497 e. The molecule has 2 rings (SSSR count). The van der Waals surface area contributed by atoms with Gasteiger partial charge in [-0.05, 0) is 55.0 Å². The second kappa shape index (κ2) is 10.2. The van der Waals surface area contributed by atoms with Gasteiger partial charge in [-0.25, -0.2) is 4.39 Å². The quantitative estimate of drug-likeness (QED) is 0.572. The van der Waals surface area contributed by atoms with Gasteiger partial charge < -0.3 is 10.1 Å². The van der Waals surface area contributed by atoms with E-state index in [2.05, 4.69) is 31.3 Å². The Morgan fingerprint density at radius 2 is 1.68 bits per heavy atom. The van der Waals surface area contributed by atoms with Crippen molar-refractivity contribution in [3.8, 4) is 5.75 Å². The Morgan fingerprint density at radius 3 is 2.32 bits per heavy atom. The van der Waals surface area contributed by atoms with Gasteiger partial charge in [0.05, 0.1) is 7.11 Å². The number of methoxy groups -OCH3 is 1. The first-order valence-electron chi connectivity index (χ1n) is 9.18. The Kier molecular flexibility index (Phi) is 7.93. The van der Waals surface area contributed by atoms with E-state index in [1.165, 1.54) is 24.5 Å². The van der Waals surface area contributed by atoms with Crippen molar-refractivity contribution >= 4 is 0 Å². The molecule has 0 aliphatic heterocycles. The van der Waals surface area contributed by atoms with E-state index in [9.17, 15) is 4.39 Å². The molecule has 0 saturated carbocycles. The van der Waals surface area contributed by atoms with E-state index in [0.717, 1.165) is 24.3 Å². The van der Waals surface area contributed by atoms with Gasteiger partial charge in [0, 0.05) is 12.1 Å². The Hall–Kier alpha value is -1.87. The first-order chi connectivity index (χ1) is 12.1. The molecule has 2 aromatic carbocycles. The number of hydrogen-bond acceptors (Lipinski definition) is 2. The van der Waals surface area contributed by atoms with Gasteiger partial charge in [-0.3, -0.25) is 0 Å². The van der Waals surface area contributed by atoms with Crippen LogP contribution in [0.25, 0.3) is 0 Å². The molecule has 136 valence electrons. The van der Waals surface area contributed by atoms with Gasteiger partial charge in [0.25, 0.3) is 0 Å². The summed E-state index contributed by atoms with van der Waals surface area (Å²) in [5, 5.41) is 3.39. The second-order valence-corrected chi connectivity index (χ2v) is 7.00. The Labute approximate surface area is 151 Å². The van der Waals surface area contributed by atoms with Crippen molar-refractivity contribution in [3.63, 3.8) is 0 Å². The molecule has 25 heavy (non-hydrogen) atoms. The summed E-state index contributed by atoms with van der Waals surface area (Å²) in [5.41, 5.74) is 2.08. The number of halogens is 1. The van der Waals surface area contributed by atoms with Crippen molar-refractivity contribution in [1.82, 2.24) is 5.32 Å². The Balaban J connectivity index is 1.90. The third kappa shape index (κ3) is 6.50. The van der Waals surface area contributed by atoms with Gasteiger partial charge in [-0.1, -0.05) is 50.6 Å². The van der Waals surface area contributed by atoms with Gasteiger partial charge in [-0.15, -0.1) is 0 Å². The first kappa shape index (κ1) is 19.5. The Bertz CT molecular complexity index is 624. The van der Waals surface area contributed by atoms with Gasteiger partial charge in [-0.2, -0.15) is 0 Å². The topological polar surface area (TPSA) is 21.3 Å². The summed E-state index contributed by atoms with van der Waals surface area (Å²) >= 11 is 0. The van der Waals surface area contributed by atoms with Crippen molar-refractivity contribution in [1.29, 1.82) is 0 Å². The lowest BCUT2D eigenvalue weighted by Gasteiger charge is -2.19. The van der Waals surface area contributed by atoms with Gasteiger partial charge in [0.1, 0.15) is 11.6 Å². The molecule has 0 saturated heterocycles. The normalized spacial score (nSPS) is 12.4. The molecule has 0 aliphatic rings. The molecule has 0 aliphatic carbocycles. The summed E-state index contributed by atoms with van der Waals surface area (Å²) < 4.78 is 18.9. The zero-order valence-electron chi connectivity index (χ0n) is 15.6. The summed E-state index contributed by atoms with van der Waals surface area (Å²) in [7, 11) is 1.69. The maximum atomic E-state index is 13.7. The summed E-state index contributed by atoms with van der Waals surface area (Å²) in [6.45, 7) is 5.98. The molecular weight excluding hydrogens is 313 g/mol. The molecule has 0 fully saturated rings. The van der Waals surface area contributed by atoms with E-state index in [1.807, 2.05) is 24.3 Å². The molecule has 0 aromatic heterocycles. The number of ether oxygens (including phenoxy) is 1. The highest BCUT2D eigenvalue weighted by atomic mass is 19.1. The van der Waals surface area contributed by atoms with Gasteiger partial charge in [0.2, 0.25) is 0 Å². The molecule has 0 spiro atoms. The molecule has 2 nitrogen and oxygen atoms in total. The highest BCUT2D eigenvalue weighted by molar-refractivity contribution is 5.29. The minimum atomic E-state index is -0.137. The summed E-state index contributed by atoms with van der Waals surface area (Å²) in [6.07, 6.45) is 3.43. The van der Waals surface area contributed by atoms with Gasteiger partial charge >= 0.3 is 0 Å². The zero-order chi connectivity index (χ0) is 18.1. The highest BCUT2D eigenvalue weighted by Gasteiger charge is 2.12. The average molecular weight is 343 g/mol. The molecule has 1 atom stereocenters. The SMILES string of the molecule is COc1ccc([C@@H](CCNCc2ccccc2F)CCC(C)C)cc1. The van der Waals surface area contributed by atoms with E-state index >= 15 is 0 Å². The molecule has 1 N–H and O–H groups in total. The van der Waals surface area contributed by atoms with Crippen molar-refractivity contribution in [2.24, 2.45) is 5.92 Å². The summed E-state index contributed by atoms with van der Waals surface area (Å²) in [4.78, 5) is 0. The molecule has 0 unspecified atom stereocenters. The van der Waals surface area contributed by atoms with Crippen LogP contribution in [0.4, 0.5) is 4.39 Å². The van der Waals surface area contributed by atoms with E-state index in [4.69, 9.17) is 4.74 Å². The standard InChI is InChI=1S/C22H30FNO/c1-17(2)8-9-19(18-10-12-21(25-3)13-11-18)14-15-24-16-20-6-4-5-7-22(20)23/h4-7,10-13,17,19,24H,8-9,14-16H2,1-3H3/t19-/m1/s1. The number of nitrogens with one attached hydrogen (secondary N) is 1. The fraction of sp³-hybridized carbons (Fsp3) is 0.455. The molecule has 0 amide bonds. The average Bonchev–Trinajstić information content (AvgIpc) is 2.62. The molecule has 3 heteroatoms. The van der Waals surface area contributed by atoms with Crippen LogP contribution in [-0.2, 0) is 6.54 Å². The van der Waals surface area contributed by atoms with Crippen LogP contribution in [0, 0.1) is 11.7 Å². The summed E-state index contributed by atoms with van der Waals surface area (Å²) in [6, 6.07) is 15.4. The lowest BCUT2D eigenvalue weighted by Crippen LogP contribution is -2.18.